The molecule has 2 fully saturated rings. The molecule has 3 heterocycles. The van der Waals surface area contributed by atoms with E-state index in [2.05, 4.69) is 6.92 Å². The van der Waals surface area contributed by atoms with Gasteiger partial charge in [-0.2, -0.15) is 0 Å². The SMILES string of the molecule is CCCC[C@]12CC(=O)C(=Cc3ccco3)[C@H](C[C@@H]1OCOC)N2C(=O)OC(C)(C)C. The number of ketones is 1. The molecule has 0 aliphatic carbocycles. The van der Waals surface area contributed by atoms with E-state index in [4.69, 9.17) is 18.6 Å². The molecule has 7 nitrogen and oxygen atoms in total. The van der Waals surface area contributed by atoms with Crippen LogP contribution < -0.4 is 0 Å². The first-order valence-electron chi connectivity index (χ1n) is 10.6. The maximum absolute atomic E-state index is 13.4. The van der Waals surface area contributed by atoms with Gasteiger partial charge in [0.15, 0.2) is 5.78 Å². The van der Waals surface area contributed by atoms with Crippen molar-refractivity contribution in [1.29, 1.82) is 0 Å². The predicted octanol–water partition coefficient (Wildman–Crippen LogP) is 4.56. The first-order valence-corrected chi connectivity index (χ1v) is 10.6. The fourth-order valence-corrected chi connectivity index (χ4v) is 4.57. The third kappa shape index (κ3) is 4.47. The van der Waals surface area contributed by atoms with Crippen molar-refractivity contribution in [2.45, 2.75) is 83.1 Å². The van der Waals surface area contributed by atoms with Crippen LogP contribution in [0.4, 0.5) is 4.79 Å². The van der Waals surface area contributed by atoms with Crippen LogP contribution in [0.5, 0.6) is 0 Å². The maximum Gasteiger partial charge on any atom is 0.411 e. The standard InChI is InChI=1S/C23H33NO6/c1-6-7-10-23-14-19(25)17(12-16-9-8-11-28-16)18(13-20(23)29-15-27-5)24(23)21(26)30-22(2,3)4/h8-9,11-12,18,20H,6-7,10,13-15H2,1-5H3/t18-,20-,23-/m0/s1. The van der Waals surface area contributed by atoms with E-state index >= 15 is 0 Å². The minimum Gasteiger partial charge on any atom is -0.465 e. The van der Waals surface area contributed by atoms with Crippen LogP contribution in [0.3, 0.4) is 0 Å². The van der Waals surface area contributed by atoms with Gasteiger partial charge in [0.25, 0.3) is 0 Å². The van der Waals surface area contributed by atoms with Crippen LogP contribution in [0.2, 0.25) is 0 Å². The second kappa shape index (κ2) is 8.94. The number of nitrogens with zero attached hydrogens (tertiary/aromatic N) is 1. The summed E-state index contributed by atoms with van der Waals surface area (Å²) in [6, 6.07) is 3.14. The van der Waals surface area contributed by atoms with E-state index in [1.54, 1.807) is 36.5 Å². The molecule has 0 saturated carbocycles. The second-order valence-corrected chi connectivity index (χ2v) is 9.09. The van der Waals surface area contributed by atoms with Gasteiger partial charge >= 0.3 is 6.09 Å². The van der Waals surface area contributed by atoms with Crippen molar-refractivity contribution >= 4 is 18.0 Å². The molecule has 1 amide bonds. The lowest BCUT2D eigenvalue weighted by atomic mass is 9.80. The molecule has 3 rings (SSSR count). The average molecular weight is 420 g/mol. The van der Waals surface area contributed by atoms with E-state index in [9.17, 15) is 9.59 Å². The van der Waals surface area contributed by atoms with Crippen molar-refractivity contribution in [3.8, 4) is 0 Å². The molecule has 2 aliphatic heterocycles. The molecule has 0 aromatic carbocycles. The lowest BCUT2D eigenvalue weighted by Crippen LogP contribution is -2.60. The molecule has 1 aromatic rings. The Hall–Kier alpha value is -2.12. The first-order chi connectivity index (χ1) is 14.2. The molecule has 7 heteroatoms. The van der Waals surface area contributed by atoms with Gasteiger partial charge < -0.3 is 18.6 Å². The molecule has 2 saturated heterocycles. The number of unbranched alkanes of at least 4 members (excludes halogenated alkanes) is 1. The highest BCUT2D eigenvalue weighted by Gasteiger charge is 2.62. The smallest absolute Gasteiger partial charge is 0.411 e. The van der Waals surface area contributed by atoms with Crippen molar-refractivity contribution in [2.75, 3.05) is 13.9 Å². The summed E-state index contributed by atoms with van der Waals surface area (Å²) in [7, 11) is 1.57. The molecule has 0 N–H and O–H groups in total. The third-order valence-corrected chi connectivity index (χ3v) is 5.76. The van der Waals surface area contributed by atoms with Crippen LogP contribution in [-0.4, -0.2) is 54.0 Å². The summed E-state index contributed by atoms with van der Waals surface area (Å²) in [4.78, 5) is 28.4. The van der Waals surface area contributed by atoms with Crippen molar-refractivity contribution in [1.82, 2.24) is 4.90 Å². The Morgan fingerprint density at radius 3 is 2.77 bits per heavy atom. The van der Waals surface area contributed by atoms with Crippen LogP contribution in [0.15, 0.2) is 28.4 Å². The summed E-state index contributed by atoms with van der Waals surface area (Å²) in [5, 5.41) is 0. The fourth-order valence-electron chi connectivity index (χ4n) is 4.57. The van der Waals surface area contributed by atoms with E-state index in [1.807, 2.05) is 20.8 Å². The van der Waals surface area contributed by atoms with Crippen LogP contribution in [0.25, 0.3) is 6.08 Å². The van der Waals surface area contributed by atoms with Gasteiger partial charge in [0, 0.05) is 25.5 Å². The van der Waals surface area contributed by atoms with Crippen LogP contribution >= 0.6 is 0 Å². The maximum atomic E-state index is 13.4. The monoisotopic (exact) mass is 419 g/mol. The van der Waals surface area contributed by atoms with E-state index in [0.29, 0.717) is 24.2 Å². The number of carbonyl (C=O) groups is 2. The van der Waals surface area contributed by atoms with Crippen molar-refractivity contribution in [3.05, 3.63) is 29.7 Å². The average Bonchev–Trinajstić information content (AvgIpc) is 3.25. The number of Topliss-reactive ketones (excluding diaryl/α,β-unsaturated/α-hetero) is 1. The lowest BCUT2D eigenvalue weighted by Gasteiger charge is -2.46. The first kappa shape index (κ1) is 22.6. The Kier molecular flexibility index (Phi) is 6.72. The number of methoxy groups -OCH3 is 1. The Morgan fingerprint density at radius 1 is 1.40 bits per heavy atom. The molecule has 3 atom stereocenters. The molecule has 0 radical (unpaired) electrons. The number of furan rings is 1. The van der Waals surface area contributed by atoms with Gasteiger partial charge in [-0.25, -0.2) is 4.79 Å². The molecule has 166 valence electrons. The molecule has 0 spiro atoms. The van der Waals surface area contributed by atoms with Gasteiger partial charge in [-0.3, -0.25) is 9.69 Å². The van der Waals surface area contributed by atoms with Crippen molar-refractivity contribution in [3.63, 3.8) is 0 Å². The summed E-state index contributed by atoms with van der Waals surface area (Å²) in [5.41, 5.74) is -0.817. The summed E-state index contributed by atoms with van der Waals surface area (Å²) in [5.74, 6) is 0.612. The number of rotatable bonds is 7. The molecule has 0 unspecified atom stereocenters. The van der Waals surface area contributed by atoms with E-state index in [0.717, 1.165) is 12.8 Å². The van der Waals surface area contributed by atoms with Gasteiger partial charge in [0.2, 0.25) is 0 Å². The Balaban J connectivity index is 2.05. The molecular weight excluding hydrogens is 386 g/mol. The summed E-state index contributed by atoms with van der Waals surface area (Å²) >= 11 is 0. The van der Waals surface area contributed by atoms with Crippen LogP contribution in [0.1, 0.15) is 65.6 Å². The summed E-state index contributed by atoms with van der Waals surface area (Å²) in [6.07, 6.45) is 5.81. The highest BCUT2D eigenvalue weighted by atomic mass is 16.7. The predicted molar refractivity (Wildman–Crippen MR) is 112 cm³/mol. The van der Waals surface area contributed by atoms with Gasteiger partial charge in [0.05, 0.1) is 23.9 Å². The normalized spacial score (nSPS) is 27.7. The van der Waals surface area contributed by atoms with E-state index in [-0.39, 0.29) is 25.1 Å². The molecule has 30 heavy (non-hydrogen) atoms. The van der Waals surface area contributed by atoms with Gasteiger partial charge in [-0.15, -0.1) is 0 Å². The number of hydrogen-bond acceptors (Lipinski definition) is 6. The molecule has 2 aliphatic rings. The number of hydrogen-bond donors (Lipinski definition) is 0. The largest absolute Gasteiger partial charge is 0.465 e. The zero-order chi connectivity index (χ0) is 21.9. The van der Waals surface area contributed by atoms with Gasteiger partial charge in [-0.05, 0) is 45.4 Å². The quantitative estimate of drug-likeness (QED) is 0.476. The van der Waals surface area contributed by atoms with Crippen molar-refractivity contribution < 1.29 is 28.2 Å². The molecule has 2 bridgehead atoms. The third-order valence-electron chi connectivity index (χ3n) is 5.76. The highest BCUT2D eigenvalue weighted by Crippen LogP contribution is 2.50. The van der Waals surface area contributed by atoms with Gasteiger partial charge in [0.1, 0.15) is 18.2 Å². The Labute approximate surface area is 178 Å². The Morgan fingerprint density at radius 2 is 2.17 bits per heavy atom. The highest BCUT2D eigenvalue weighted by molar-refractivity contribution is 6.03. The van der Waals surface area contributed by atoms with Crippen LogP contribution in [-0.2, 0) is 19.0 Å². The van der Waals surface area contributed by atoms with E-state index in [1.165, 1.54) is 0 Å². The number of ether oxygens (including phenoxy) is 3. The summed E-state index contributed by atoms with van der Waals surface area (Å²) in [6.45, 7) is 7.75. The minimum absolute atomic E-state index is 0.0239. The number of piperidine rings is 1. The zero-order valence-electron chi connectivity index (χ0n) is 18.6. The fraction of sp³-hybridized carbons (Fsp3) is 0.652. The second-order valence-electron chi connectivity index (χ2n) is 9.09. The summed E-state index contributed by atoms with van der Waals surface area (Å²) < 4.78 is 22.4. The molecule has 1 aromatic heterocycles. The minimum atomic E-state index is -0.737. The number of carbonyl (C=O) groups excluding carboxylic acids is 2. The van der Waals surface area contributed by atoms with Gasteiger partial charge in [-0.1, -0.05) is 19.8 Å². The van der Waals surface area contributed by atoms with E-state index < -0.39 is 23.3 Å². The molecular formula is C23H33NO6. The Bertz CT molecular complexity index is 778. The lowest BCUT2D eigenvalue weighted by molar-refractivity contribution is -0.132. The van der Waals surface area contributed by atoms with Crippen molar-refractivity contribution in [2.24, 2.45) is 0 Å². The zero-order valence-corrected chi connectivity index (χ0v) is 18.6. The number of amides is 1. The van der Waals surface area contributed by atoms with Crippen LogP contribution in [0, 0.1) is 0 Å². The topological polar surface area (TPSA) is 78.2 Å². The number of fused-ring (bicyclic) bond motifs is 2.